The smallest absolute Gasteiger partial charge is 0.156 e. The number of rotatable bonds is 0. The molecule has 0 unspecified atom stereocenters. The lowest BCUT2D eigenvalue weighted by molar-refractivity contribution is 0.932. The van der Waals surface area contributed by atoms with Crippen molar-refractivity contribution in [1.82, 2.24) is 14.6 Å². The van der Waals surface area contributed by atoms with E-state index < -0.39 is 8.07 Å². The summed E-state index contributed by atoms with van der Waals surface area (Å²) < 4.78 is 1.74. The molecule has 2 heterocycles. The molecule has 0 aromatic carbocycles. The summed E-state index contributed by atoms with van der Waals surface area (Å²) in [5.41, 5.74) is 4.93. The van der Waals surface area contributed by atoms with Crippen LogP contribution in [0.5, 0.6) is 0 Å². The average molecular weight is 215 g/mol. The molecule has 0 spiro atoms. The largest absolute Gasteiger partial charge is 0.237 e. The summed E-state index contributed by atoms with van der Waals surface area (Å²) in [5, 5.41) is 4.32. The Labute approximate surface area is 90.2 Å². The van der Waals surface area contributed by atoms with Gasteiger partial charge in [0, 0.05) is 18.5 Å². The maximum absolute atomic E-state index is 4.32. The molecule has 0 saturated heterocycles. The third-order valence-corrected chi connectivity index (χ3v) is 2.68. The van der Waals surface area contributed by atoms with Gasteiger partial charge in [-0.05, 0) is 6.07 Å². The highest BCUT2D eigenvalue weighted by molar-refractivity contribution is 6.83. The Balaban J connectivity index is 2.41. The van der Waals surface area contributed by atoms with E-state index >= 15 is 0 Å². The van der Waals surface area contributed by atoms with Crippen LogP contribution >= 0.6 is 0 Å². The normalized spacial score (nSPS) is 11.1. The lowest BCUT2D eigenvalue weighted by Gasteiger charge is -2.02. The molecule has 0 atom stereocenters. The lowest BCUT2D eigenvalue weighted by atomic mass is 10.4. The molecule has 0 aliphatic heterocycles. The first-order valence-corrected chi connectivity index (χ1v) is 8.38. The second-order valence-corrected chi connectivity index (χ2v) is 9.20. The van der Waals surface area contributed by atoms with Gasteiger partial charge in [-0.1, -0.05) is 25.6 Å². The van der Waals surface area contributed by atoms with Crippen molar-refractivity contribution in [3.05, 3.63) is 30.2 Å². The predicted molar refractivity (Wildman–Crippen MR) is 63.2 cm³/mol. The summed E-state index contributed by atoms with van der Waals surface area (Å²) in [6.07, 6.45) is 3.63. The van der Waals surface area contributed by atoms with Crippen molar-refractivity contribution in [3.8, 4) is 11.5 Å². The summed E-state index contributed by atoms with van der Waals surface area (Å²) in [5.74, 6) is 3.11. The van der Waals surface area contributed by atoms with Crippen molar-refractivity contribution in [2.75, 3.05) is 0 Å². The van der Waals surface area contributed by atoms with E-state index in [9.17, 15) is 0 Å². The summed E-state index contributed by atoms with van der Waals surface area (Å²) in [7, 11) is -1.32. The zero-order valence-corrected chi connectivity index (χ0v) is 10.2. The Hall–Kier alpha value is -1.60. The van der Waals surface area contributed by atoms with Crippen LogP contribution < -0.4 is 0 Å². The minimum absolute atomic E-state index is 0.802. The Kier molecular flexibility index (Phi) is 2.33. The highest BCUT2D eigenvalue weighted by atomic mass is 28.3. The van der Waals surface area contributed by atoms with E-state index in [0.29, 0.717) is 0 Å². The van der Waals surface area contributed by atoms with E-state index in [1.807, 2.05) is 18.3 Å². The van der Waals surface area contributed by atoms with Crippen LogP contribution in [-0.2, 0) is 0 Å². The van der Waals surface area contributed by atoms with Crippen molar-refractivity contribution >= 4 is 13.7 Å². The predicted octanol–water partition coefficient (Wildman–Crippen LogP) is 1.96. The first-order chi connectivity index (χ1) is 7.04. The molecule has 0 bridgehead atoms. The summed E-state index contributed by atoms with van der Waals surface area (Å²) >= 11 is 0. The van der Waals surface area contributed by atoms with E-state index in [-0.39, 0.29) is 0 Å². The number of fused-ring (bicyclic) bond motifs is 1. The van der Waals surface area contributed by atoms with Crippen LogP contribution in [-0.4, -0.2) is 22.7 Å². The van der Waals surface area contributed by atoms with Gasteiger partial charge in [0.2, 0.25) is 0 Å². The lowest BCUT2D eigenvalue weighted by Crippen LogP contribution is -2.16. The standard InChI is InChI=1S/C11H13N3Si/c1-15(2,3)8-5-10-9-11-12-6-4-7-14(11)13-10/h4,6-7,9H,1-3H3. The molecule has 0 saturated carbocycles. The van der Waals surface area contributed by atoms with Crippen molar-refractivity contribution in [2.24, 2.45) is 0 Å². The maximum atomic E-state index is 4.32. The fourth-order valence-electron chi connectivity index (χ4n) is 1.14. The molecule has 0 fully saturated rings. The van der Waals surface area contributed by atoms with Crippen LogP contribution in [0, 0.1) is 11.5 Å². The van der Waals surface area contributed by atoms with E-state index in [0.717, 1.165) is 11.3 Å². The number of hydrogen-bond donors (Lipinski definition) is 0. The fourth-order valence-corrected chi connectivity index (χ4v) is 1.65. The Morgan fingerprint density at radius 1 is 1.33 bits per heavy atom. The summed E-state index contributed by atoms with van der Waals surface area (Å²) in [6.45, 7) is 6.65. The van der Waals surface area contributed by atoms with Gasteiger partial charge < -0.3 is 0 Å². The molecule has 0 amide bonds. The molecule has 3 nitrogen and oxygen atoms in total. The second kappa shape index (κ2) is 3.52. The van der Waals surface area contributed by atoms with Gasteiger partial charge in [0.15, 0.2) is 5.65 Å². The van der Waals surface area contributed by atoms with Gasteiger partial charge in [0.25, 0.3) is 0 Å². The molecule has 4 heteroatoms. The monoisotopic (exact) mass is 215 g/mol. The van der Waals surface area contributed by atoms with Crippen LogP contribution in [0.2, 0.25) is 19.6 Å². The van der Waals surface area contributed by atoms with Crippen LogP contribution in [0.15, 0.2) is 24.5 Å². The minimum Gasteiger partial charge on any atom is -0.237 e. The van der Waals surface area contributed by atoms with Gasteiger partial charge in [-0.2, -0.15) is 5.10 Å². The molecular formula is C11H13N3Si. The molecule has 2 rings (SSSR count). The van der Waals surface area contributed by atoms with Gasteiger partial charge in [-0.15, -0.1) is 5.54 Å². The molecule has 0 radical (unpaired) electrons. The zero-order valence-electron chi connectivity index (χ0n) is 9.15. The maximum Gasteiger partial charge on any atom is 0.156 e. The quantitative estimate of drug-likeness (QED) is 0.497. The van der Waals surface area contributed by atoms with Crippen molar-refractivity contribution < 1.29 is 0 Å². The zero-order chi connectivity index (χ0) is 10.9. The minimum atomic E-state index is -1.32. The topological polar surface area (TPSA) is 30.2 Å². The highest BCUT2D eigenvalue weighted by Crippen LogP contribution is 2.02. The molecule has 0 aliphatic rings. The summed E-state index contributed by atoms with van der Waals surface area (Å²) in [4.78, 5) is 4.19. The molecular weight excluding hydrogens is 202 g/mol. The van der Waals surface area contributed by atoms with E-state index in [4.69, 9.17) is 0 Å². The molecule has 0 N–H and O–H groups in total. The SMILES string of the molecule is C[Si](C)(C)C#Cc1cc2ncccn2n1. The van der Waals surface area contributed by atoms with Crippen molar-refractivity contribution in [2.45, 2.75) is 19.6 Å². The fraction of sp³-hybridized carbons (Fsp3) is 0.273. The molecule has 76 valence electrons. The number of aromatic nitrogens is 3. The van der Waals surface area contributed by atoms with Gasteiger partial charge >= 0.3 is 0 Å². The number of nitrogens with zero attached hydrogens (tertiary/aromatic N) is 3. The van der Waals surface area contributed by atoms with Crippen LogP contribution in [0.25, 0.3) is 5.65 Å². The van der Waals surface area contributed by atoms with E-state index in [2.05, 4.69) is 41.2 Å². The average Bonchev–Trinajstić information content (AvgIpc) is 2.56. The Morgan fingerprint density at radius 3 is 2.80 bits per heavy atom. The second-order valence-electron chi connectivity index (χ2n) is 4.45. The van der Waals surface area contributed by atoms with E-state index in [1.165, 1.54) is 0 Å². The van der Waals surface area contributed by atoms with Gasteiger partial charge in [0.1, 0.15) is 13.8 Å². The van der Waals surface area contributed by atoms with E-state index in [1.54, 1.807) is 10.7 Å². The van der Waals surface area contributed by atoms with Gasteiger partial charge in [0.05, 0.1) is 0 Å². The molecule has 2 aromatic rings. The van der Waals surface area contributed by atoms with Gasteiger partial charge in [-0.25, -0.2) is 9.50 Å². The van der Waals surface area contributed by atoms with Crippen molar-refractivity contribution in [3.63, 3.8) is 0 Å². The number of hydrogen-bond acceptors (Lipinski definition) is 2. The van der Waals surface area contributed by atoms with Crippen LogP contribution in [0.3, 0.4) is 0 Å². The first kappa shape index (κ1) is 9.93. The van der Waals surface area contributed by atoms with Crippen LogP contribution in [0.4, 0.5) is 0 Å². The third-order valence-electron chi connectivity index (χ3n) is 1.80. The molecule has 2 aromatic heterocycles. The molecule has 0 aliphatic carbocycles. The van der Waals surface area contributed by atoms with Crippen LogP contribution in [0.1, 0.15) is 5.69 Å². The van der Waals surface area contributed by atoms with Crippen molar-refractivity contribution in [1.29, 1.82) is 0 Å². The molecule has 15 heavy (non-hydrogen) atoms. The first-order valence-electron chi connectivity index (χ1n) is 4.88. The Bertz CT molecular complexity index is 507. The Morgan fingerprint density at radius 2 is 2.13 bits per heavy atom. The summed E-state index contributed by atoms with van der Waals surface area (Å²) in [6, 6.07) is 3.77. The highest BCUT2D eigenvalue weighted by Gasteiger charge is 2.08. The van der Waals surface area contributed by atoms with Gasteiger partial charge in [-0.3, -0.25) is 0 Å². The third kappa shape index (κ3) is 2.45.